The average Bonchev–Trinajstić information content (AvgIpc) is 2.49. The molecular weight excluding hydrogens is 429 g/mol. The minimum Gasteiger partial charge on any atom is -0.357 e. The van der Waals surface area contributed by atoms with Crippen molar-refractivity contribution in [3.05, 3.63) is 0 Å². The lowest BCUT2D eigenvalue weighted by molar-refractivity contribution is -0.121. The Labute approximate surface area is 171 Å². The topological polar surface area (TPSA) is 68.8 Å². The number of rotatable bonds is 6. The number of amides is 1. The molecule has 0 aromatic heterocycles. The molecule has 7 heteroatoms. The number of halogens is 1. The van der Waals surface area contributed by atoms with Gasteiger partial charge >= 0.3 is 0 Å². The van der Waals surface area contributed by atoms with Crippen LogP contribution in [0, 0.1) is 0 Å². The van der Waals surface area contributed by atoms with Gasteiger partial charge in [0.25, 0.3) is 0 Å². The van der Waals surface area contributed by atoms with Gasteiger partial charge in [0, 0.05) is 24.2 Å². The lowest BCUT2D eigenvalue weighted by atomic mass is 9.98. The molecule has 0 atom stereocenters. The normalized spacial score (nSPS) is 16.8. The van der Waals surface area contributed by atoms with Crippen LogP contribution in [-0.4, -0.2) is 60.6 Å². The maximum atomic E-state index is 11.9. The van der Waals surface area contributed by atoms with Crippen molar-refractivity contribution in [1.29, 1.82) is 0 Å². The number of piperidine rings is 1. The predicted octanol–water partition coefficient (Wildman–Crippen LogP) is 2.34. The van der Waals surface area contributed by atoms with Crippen molar-refractivity contribution in [2.45, 2.75) is 71.9 Å². The van der Waals surface area contributed by atoms with Crippen molar-refractivity contribution < 1.29 is 4.79 Å². The fourth-order valence-electron chi connectivity index (χ4n) is 2.86. The van der Waals surface area contributed by atoms with Gasteiger partial charge in [0.05, 0.1) is 0 Å². The molecule has 0 radical (unpaired) electrons. The van der Waals surface area contributed by atoms with Crippen molar-refractivity contribution in [1.82, 2.24) is 20.9 Å². The van der Waals surface area contributed by atoms with Crippen molar-refractivity contribution >= 4 is 35.8 Å². The maximum absolute atomic E-state index is 11.9. The third-order valence-corrected chi connectivity index (χ3v) is 4.14. The number of guanidine groups is 1. The van der Waals surface area contributed by atoms with Gasteiger partial charge in [-0.1, -0.05) is 6.42 Å². The van der Waals surface area contributed by atoms with E-state index in [0.29, 0.717) is 5.96 Å². The predicted molar refractivity (Wildman–Crippen MR) is 117 cm³/mol. The Morgan fingerprint density at radius 1 is 1.04 bits per heavy atom. The quantitative estimate of drug-likeness (QED) is 0.319. The van der Waals surface area contributed by atoms with E-state index in [1.165, 1.54) is 19.3 Å². The highest BCUT2D eigenvalue weighted by atomic mass is 127. The summed E-state index contributed by atoms with van der Waals surface area (Å²) in [5.74, 6) is 0.640. The highest BCUT2D eigenvalue weighted by molar-refractivity contribution is 14.0. The minimum absolute atomic E-state index is 0. The lowest BCUT2D eigenvalue weighted by Gasteiger charge is -2.41. The molecule has 0 bridgehead atoms. The highest BCUT2D eigenvalue weighted by Gasteiger charge is 2.27. The van der Waals surface area contributed by atoms with E-state index in [4.69, 9.17) is 0 Å². The van der Waals surface area contributed by atoms with Gasteiger partial charge in [0.15, 0.2) is 5.96 Å². The van der Waals surface area contributed by atoms with Crippen LogP contribution in [-0.2, 0) is 4.79 Å². The van der Waals surface area contributed by atoms with E-state index in [1.54, 1.807) is 0 Å². The van der Waals surface area contributed by atoms with Crippen LogP contribution >= 0.6 is 24.0 Å². The smallest absolute Gasteiger partial charge is 0.242 e. The van der Waals surface area contributed by atoms with Gasteiger partial charge in [0.1, 0.15) is 6.54 Å². The molecule has 1 heterocycles. The summed E-state index contributed by atoms with van der Waals surface area (Å²) in [5.41, 5.74) is -0.154. The van der Waals surface area contributed by atoms with Crippen molar-refractivity contribution in [3.63, 3.8) is 0 Å². The third kappa shape index (κ3) is 10.2. The molecule has 1 aliphatic heterocycles. The summed E-state index contributed by atoms with van der Waals surface area (Å²) in [6.07, 6.45) is 3.90. The second-order valence-electron chi connectivity index (χ2n) is 8.21. The maximum Gasteiger partial charge on any atom is 0.242 e. The van der Waals surface area contributed by atoms with Gasteiger partial charge in [-0.05, 0) is 67.5 Å². The van der Waals surface area contributed by atoms with Gasteiger partial charge in [-0.15, -0.1) is 24.0 Å². The third-order valence-electron chi connectivity index (χ3n) is 4.14. The molecule has 6 nitrogen and oxygen atoms in total. The molecule has 1 rings (SSSR count). The molecule has 0 unspecified atom stereocenters. The number of hydrogen-bond acceptors (Lipinski definition) is 3. The summed E-state index contributed by atoms with van der Waals surface area (Å²) in [4.78, 5) is 18.9. The second-order valence-corrected chi connectivity index (χ2v) is 8.21. The van der Waals surface area contributed by atoms with E-state index in [9.17, 15) is 4.79 Å². The van der Waals surface area contributed by atoms with Crippen LogP contribution in [0.15, 0.2) is 4.99 Å². The average molecular weight is 467 g/mol. The van der Waals surface area contributed by atoms with Gasteiger partial charge < -0.3 is 16.0 Å². The Kier molecular flexibility index (Phi) is 11.0. The molecule has 1 saturated heterocycles. The molecule has 3 N–H and O–H groups in total. The molecule has 1 aliphatic rings. The molecule has 0 aromatic carbocycles. The second kappa shape index (κ2) is 11.2. The molecule has 1 fully saturated rings. The largest absolute Gasteiger partial charge is 0.357 e. The number of hydrogen-bond donors (Lipinski definition) is 3. The Morgan fingerprint density at radius 3 is 2.16 bits per heavy atom. The van der Waals surface area contributed by atoms with E-state index >= 15 is 0 Å². The van der Waals surface area contributed by atoms with Crippen LogP contribution < -0.4 is 16.0 Å². The van der Waals surface area contributed by atoms with Gasteiger partial charge in [0.2, 0.25) is 5.91 Å². The standard InChI is InChI=1S/C18H37N5O.HI/c1-7-19-16(20-13-15(24)22-17(2,3)4)21-14-18(5,6)23-11-9-8-10-12-23;/h7-14H2,1-6H3,(H,22,24)(H2,19,20,21);1H. The van der Waals surface area contributed by atoms with E-state index in [0.717, 1.165) is 26.2 Å². The number of carbonyl (C=O) groups is 1. The molecule has 0 aliphatic carbocycles. The summed E-state index contributed by atoms with van der Waals surface area (Å²) in [5, 5.41) is 9.54. The van der Waals surface area contributed by atoms with Crippen molar-refractivity contribution in [2.24, 2.45) is 4.99 Å². The lowest BCUT2D eigenvalue weighted by Crippen LogP contribution is -2.55. The van der Waals surface area contributed by atoms with Gasteiger partial charge in [-0.25, -0.2) is 4.99 Å². The number of aliphatic imine (C=N–C) groups is 1. The van der Waals surface area contributed by atoms with Crippen LogP contribution in [0.5, 0.6) is 0 Å². The van der Waals surface area contributed by atoms with Crippen LogP contribution in [0.4, 0.5) is 0 Å². The monoisotopic (exact) mass is 467 g/mol. The molecule has 148 valence electrons. The van der Waals surface area contributed by atoms with Crippen molar-refractivity contribution in [2.75, 3.05) is 32.7 Å². The Hall–Kier alpha value is -0.570. The number of carbonyl (C=O) groups excluding carboxylic acids is 1. The summed E-state index contributed by atoms with van der Waals surface area (Å²) in [7, 11) is 0. The van der Waals surface area contributed by atoms with E-state index in [-0.39, 0.29) is 47.5 Å². The van der Waals surface area contributed by atoms with E-state index in [2.05, 4.69) is 39.7 Å². The van der Waals surface area contributed by atoms with E-state index < -0.39 is 0 Å². The van der Waals surface area contributed by atoms with Crippen LogP contribution in [0.25, 0.3) is 0 Å². The fourth-order valence-corrected chi connectivity index (χ4v) is 2.86. The summed E-state index contributed by atoms with van der Waals surface area (Å²) < 4.78 is 0. The van der Waals surface area contributed by atoms with Crippen LogP contribution in [0.2, 0.25) is 0 Å². The van der Waals surface area contributed by atoms with Crippen molar-refractivity contribution in [3.8, 4) is 0 Å². The zero-order chi connectivity index (χ0) is 18.2. The zero-order valence-electron chi connectivity index (χ0n) is 16.9. The molecule has 0 saturated carbocycles. The Bertz CT molecular complexity index is 426. The number of nitrogens with one attached hydrogen (secondary N) is 3. The van der Waals surface area contributed by atoms with E-state index in [1.807, 2.05) is 27.7 Å². The Balaban J connectivity index is 0.00000576. The molecule has 0 spiro atoms. The zero-order valence-corrected chi connectivity index (χ0v) is 19.2. The summed E-state index contributed by atoms with van der Waals surface area (Å²) in [6.45, 7) is 16.5. The molecule has 0 aromatic rings. The highest BCUT2D eigenvalue weighted by Crippen LogP contribution is 2.19. The fraction of sp³-hybridized carbons (Fsp3) is 0.889. The first-order chi connectivity index (χ1) is 11.1. The van der Waals surface area contributed by atoms with Crippen LogP contribution in [0.3, 0.4) is 0 Å². The molecular formula is C18H38IN5O. The number of likely N-dealkylation sites (tertiary alicyclic amines) is 1. The van der Waals surface area contributed by atoms with Gasteiger partial charge in [-0.3, -0.25) is 9.69 Å². The first kappa shape index (κ1) is 24.4. The first-order valence-electron chi connectivity index (χ1n) is 9.22. The number of nitrogens with zero attached hydrogens (tertiary/aromatic N) is 2. The first-order valence-corrected chi connectivity index (χ1v) is 9.22. The molecule has 25 heavy (non-hydrogen) atoms. The molecule has 1 amide bonds. The SMILES string of the molecule is CCNC(=NCC(=O)NC(C)(C)C)NCC(C)(C)N1CCCCC1.I. The summed E-state index contributed by atoms with van der Waals surface area (Å²) in [6, 6.07) is 0. The van der Waals surface area contributed by atoms with Crippen LogP contribution in [0.1, 0.15) is 60.8 Å². The minimum atomic E-state index is -0.228. The summed E-state index contributed by atoms with van der Waals surface area (Å²) >= 11 is 0. The Morgan fingerprint density at radius 2 is 1.64 bits per heavy atom. The van der Waals surface area contributed by atoms with Gasteiger partial charge in [-0.2, -0.15) is 0 Å².